The Morgan fingerprint density at radius 2 is 1.34 bits per heavy atom. The number of fused-ring (bicyclic) bond motifs is 1. The number of nitrogens with one attached hydrogen (secondary N) is 1. The fourth-order valence-electron chi connectivity index (χ4n) is 4.60. The summed E-state index contributed by atoms with van der Waals surface area (Å²) >= 11 is 0. The van der Waals surface area contributed by atoms with E-state index in [-0.39, 0.29) is 18.4 Å². The van der Waals surface area contributed by atoms with Crippen molar-refractivity contribution in [3.63, 3.8) is 0 Å². The van der Waals surface area contributed by atoms with Crippen molar-refractivity contribution < 1.29 is 14.6 Å². The summed E-state index contributed by atoms with van der Waals surface area (Å²) in [6.45, 7) is 0.832. The molecule has 5 heteroatoms. The maximum atomic E-state index is 10.8. The molecule has 3 aromatic rings. The van der Waals surface area contributed by atoms with Crippen LogP contribution < -0.4 is 14.8 Å². The van der Waals surface area contributed by atoms with Gasteiger partial charge in [0.15, 0.2) is 11.5 Å². The highest BCUT2D eigenvalue weighted by atomic mass is 35.5. The second kappa shape index (κ2) is 11.4. The van der Waals surface area contributed by atoms with Crippen LogP contribution in [-0.4, -0.2) is 38.0 Å². The van der Waals surface area contributed by atoms with Crippen molar-refractivity contribution in [3.8, 4) is 11.5 Å². The molecular formula is C27H32ClNO3. The Labute approximate surface area is 197 Å². The van der Waals surface area contributed by atoms with E-state index >= 15 is 0 Å². The van der Waals surface area contributed by atoms with Crippen LogP contribution in [0.1, 0.15) is 34.6 Å². The van der Waals surface area contributed by atoms with Gasteiger partial charge in [0.1, 0.15) is 0 Å². The highest BCUT2D eigenvalue weighted by Crippen LogP contribution is 2.34. The van der Waals surface area contributed by atoms with Gasteiger partial charge in [-0.3, -0.25) is 0 Å². The number of ether oxygens (including phenoxy) is 2. The number of aliphatic hydroxyl groups excluding tert-OH is 1. The number of aliphatic hydroxyl groups is 1. The van der Waals surface area contributed by atoms with E-state index in [2.05, 4.69) is 66.0 Å². The molecule has 1 aliphatic carbocycles. The van der Waals surface area contributed by atoms with Crippen molar-refractivity contribution in [2.45, 2.75) is 37.3 Å². The Kier molecular flexibility index (Phi) is 8.57. The number of benzene rings is 3. The minimum atomic E-state index is -0.419. The highest BCUT2D eigenvalue weighted by Gasteiger charge is 2.28. The van der Waals surface area contributed by atoms with Gasteiger partial charge >= 0.3 is 0 Å². The topological polar surface area (TPSA) is 50.7 Å². The van der Waals surface area contributed by atoms with Crippen molar-refractivity contribution in [1.29, 1.82) is 0 Å². The molecule has 4 nitrogen and oxygen atoms in total. The molecule has 0 fully saturated rings. The van der Waals surface area contributed by atoms with Crippen molar-refractivity contribution in [2.75, 3.05) is 20.8 Å². The van der Waals surface area contributed by atoms with Gasteiger partial charge in [-0.1, -0.05) is 60.7 Å². The molecule has 0 radical (unpaired) electrons. The van der Waals surface area contributed by atoms with Crippen LogP contribution in [0.3, 0.4) is 0 Å². The van der Waals surface area contributed by atoms with Gasteiger partial charge in [-0.25, -0.2) is 0 Å². The molecule has 2 atom stereocenters. The van der Waals surface area contributed by atoms with Gasteiger partial charge in [-0.05, 0) is 53.8 Å². The monoisotopic (exact) mass is 453 g/mol. The first kappa shape index (κ1) is 24.1. The van der Waals surface area contributed by atoms with E-state index < -0.39 is 6.10 Å². The van der Waals surface area contributed by atoms with Gasteiger partial charge in [0, 0.05) is 18.4 Å². The van der Waals surface area contributed by atoms with Gasteiger partial charge < -0.3 is 19.9 Å². The first-order valence-electron chi connectivity index (χ1n) is 10.9. The first-order valence-corrected chi connectivity index (χ1v) is 10.9. The lowest BCUT2D eigenvalue weighted by Gasteiger charge is -2.31. The lowest BCUT2D eigenvalue weighted by atomic mass is 9.85. The fourth-order valence-corrected chi connectivity index (χ4v) is 4.60. The maximum absolute atomic E-state index is 10.8. The van der Waals surface area contributed by atoms with E-state index in [1.54, 1.807) is 14.2 Å². The van der Waals surface area contributed by atoms with Gasteiger partial charge in [0.25, 0.3) is 0 Å². The number of hydrogen-bond acceptors (Lipinski definition) is 4. The van der Waals surface area contributed by atoms with Crippen LogP contribution in [-0.2, 0) is 12.8 Å². The molecule has 0 saturated carbocycles. The zero-order chi connectivity index (χ0) is 21.6. The van der Waals surface area contributed by atoms with Gasteiger partial charge in [-0.15, -0.1) is 12.4 Å². The van der Waals surface area contributed by atoms with E-state index in [1.165, 1.54) is 16.7 Å². The van der Waals surface area contributed by atoms with Crippen LogP contribution in [0.25, 0.3) is 0 Å². The minimum Gasteiger partial charge on any atom is -0.493 e. The summed E-state index contributed by atoms with van der Waals surface area (Å²) in [7, 11) is 3.30. The summed E-state index contributed by atoms with van der Waals surface area (Å²) in [6, 6.07) is 25.4. The Morgan fingerprint density at radius 1 is 0.844 bits per heavy atom. The second-order valence-electron chi connectivity index (χ2n) is 8.17. The highest BCUT2D eigenvalue weighted by molar-refractivity contribution is 5.85. The molecular weight excluding hydrogens is 422 g/mol. The number of rotatable bonds is 8. The normalized spacial score (nSPS) is 17.4. The van der Waals surface area contributed by atoms with Crippen molar-refractivity contribution in [2.24, 2.45) is 0 Å². The quantitative estimate of drug-likeness (QED) is 0.516. The molecule has 0 aromatic heterocycles. The zero-order valence-corrected chi connectivity index (χ0v) is 19.5. The van der Waals surface area contributed by atoms with Crippen molar-refractivity contribution >= 4 is 12.4 Å². The van der Waals surface area contributed by atoms with Gasteiger partial charge in [-0.2, -0.15) is 0 Å². The number of methoxy groups -OCH3 is 2. The molecule has 0 amide bonds. The molecule has 0 spiro atoms. The summed E-state index contributed by atoms with van der Waals surface area (Å²) in [5.74, 6) is 1.78. The third-order valence-electron chi connectivity index (χ3n) is 6.28. The summed E-state index contributed by atoms with van der Waals surface area (Å²) < 4.78 is 10.9. The average molecular weight is 454 g/mol. The van der Waals surface area contributed by atoms with E-state index in [0.29, 0.717) is 18.1 Å². The standard InChI is InChI=1S/C27H31NO3.ClH/c1-30-26-17-21-15-24(25(29)16-22(21)18-27(26)31-2)28-14-13-23(19-9-5-3-6-10-19)20-11-7-4-8-12-20;/h3-12,17-18,23-25,28-29H,13-16H2,1-2H3;1H. The zero-order valence-electron chi connectivity index (χ0n) is 18.7. The Hall–Kier alpha value is -2.53. The average Bonchev–Trinajstić information content (AvgIpc) is 2.82. The molecule has 0 saturated heterocycles. The smallest absolute Gasteiger partial charge is 0.161 e. The Bertz CT molecular complexity index is 941. The van der Waals surface area contributed by atoms with Crippen LogP contribution in [0.4, 0.5) is 0 Å². The summed E-state index contributed by atoms with van der Waals surface area (Å²) in [6.07, 6.45) is 1.94. The summed E-state index contributed by atoms with van der Waals surface area (Å²) in [5.41, 5.74) is 4.99. The molecule has 4 rings (SSSR count). The minimum absolute atomic E-state index is 0. The second-order valence-corrected chi connectivity index (χ2v) is 8.17. The lowest BCUT2D eigenvalue weighted by molar-refractivity contribution is 0.119. The number of hydrogen-bond donors (Lipinski definition) is 2. The molecule has 3 aromatic carbocycles. The summed E-state index contributed by atoms with van der Waals surface area (Å²) in [5, 5.41) is 14.4. The molecule has 0 heterocycles. The van der Waals surface area contributed by atoms with Crippen LogP contribution in [0.15, 0.2) is 72.8 Å². The van der Waals surface area contributed by atoms with E-state index in [9.17, 15) is 5.11 Å². The van der Waals surface area contributed by atoms with E-state index in [0.717, 1.165) is 30.7 Å². The fraction of sp³-hybridized carbons (Fsp3) is 0.333. The number of halogens is 1. The maximum Gasteiger partial charge on any atom is 0.161 e. The molecule has 32 heavy (non-hydrogen) atoms. The Morgan fingerprint density at radius 3 is 1.84 bits per heavy atom. The third-order valence-corrected chi connectivity index (χ3v) is 6.28. The molecule has 0 bridgehead atoms. The van der Waals surface area contributed by atoms with Crippen molar-refractivity contribution in [3.05, 3.63) is 95.1 Å². The third kappa shape index (κ3) is 5.44. The van der Waals surface area contributed by atoms with Crippen LogP contribution in [0, 0.1) is 0 Å². The molecule has 1 aliphatic rings. The van der Waals surface area contributed by atoms with Gasteiger partial charge in [0.2, 0.25) is 0 Å². The first-order chi connectivity index (χ1) is 15.2. The largest absolute Gasteiger partial charge is 0.493 e. The van der Waals surface area contributed by atoms with Crippen LogP contribution in [0.5, 0.6) is 11.5 Å². The molecule has 170 valence electrons. The predicted molar refractivity (Wildman–Crippen MR) is 131 cm³/mol. The lowest BCUT2D eigenvalue weighted by Crippen LogP contribution is -2.46. The SMILES string of the molecule is COc1cc2c(cc1OC)CC(NCCC(c1ccccc1)c1ccccc1)C(O)C2.Cl. The predicted octanol–water partition coefficient (Wildman–Crippen LogP) is 4.77. The molecule has 0 aliphatic heterocycles. The van der Waals surface area contributed by atoms with E-state index in [1.807, 2.05) is 12.1 Å². The van der Waals surface area contributed by atoms with Crippen LogP contribution >= 0.6 is 12.4 Å². The van der Waals surface area contributed by atoms with Crippen LogP contribution in [0.2, 0.25) is 0 Å². The molecule has 2 unspecified atom stereocenters. The molecule has 2 N–H and O–H groups in total. The van der Waals surface area contributed by atoms with E-state index in [4.69, 9.17) is 9.47 Å². The Balaban J connectivity index is 0.00000289. The summed E-state index contributed by atoms with van der Waals surface area (Å²) in [4.78, 5) is 0. The van der Waals surface area contributed by atoms with Crippen molar-refractivity contribution in [1.82, 2.24) is 5.32 Å². The van der Waals surface area contributed by atoms with Gasteiger partial charge in [0.05, 0.1) is 20.3 Å².